The molecule has 4 heteroatoms. The second kappa shape index (κ2) is 18.8. The minimum absolute atomic E-state index is 0.302. The summed E-state index contributed by atoms with van der Waals surface area (Å²) in [5, 5.41) is 9.58. The van der Waals surface area contributed by atoms with Crippen LogP contribution in [0, 0.1) is 5.92 Å². The molecular formula is C29H42O4. The second-order valence-corrected chi connectivity index (χ2v) is 8.74. The zero-order valence-corrected chi connectivity index (χ0v) is 21.3. The molecular weight excluding hydrogens is 412 g/mol. The van der Waals surface area contributed by atoms with Crippen LogP contribution in [0.3, 0.4) is 0 Å². The second-order valence-electron chi connectivity index (χ2n) is 8.74. The summed E-state index contributed by atoms with van der Waals surface area (Å²) < 4.78 is 4.91. The number of para-hydroxylation sites is 1. The highest BCUT2D eigenvalue weighted by Gasteiger charge is 1.98. The van der Waals surface area contributed by atoms with Gasteiger partial charge < -0.3 is 9.52 Å². The van der Waals surface area contributed by atoms with Gasteiger partial charge in [-0.1, -0.05) is 54.0 Å². The Balaban J connectivity index is 0.000000465. The molecule has 33 heavy (non-hydrogen) atoms. The molecule has 0 fully saturated rings. The topological polar surface area (TPSA) is 67.5 Å². The third kappa shape index (κ3) is 17.5. The first-order chi connectivity index (χ1) is 15.7. The van der Waals surface area contributed by atoms with E-state index in [1.165, 1.54) is 23.6 Å². The average Bonchev–Trinajstić information content (AvgIpc) is 2.74. The number of carbonyl (C=O) groups is 1. The highest BCUT2D eigenvalue weighted by Crippen LogP contribution is 2.11. The van der Waals surface area contributed by atoms with E-state index in [1.807, 2.05) is 25.1 Å². The number of aldehydes is 1. The van der Waals surface area contributed by atoms with Crippen molar-refractivity contribution in [3.63, 3.8) is 0 Å². The molecule has 0 radical (unpaired) electrons. The van der Waals surface area contributed by atoms with Crippen molar-refractivity contribution in [1.29, 1.82) is 0 Å². The Bertz CT molecular complexity index is 939. The highest BCUT2D eigenvalue weighted by atomic mass is 16.4. The molecule has 4 nitrogen and oxygen atoms in total. The van der Waals surface area contributed by atoms with Crippen LogP contribution in [-0.4, -0.2) is 18.0 Å². The van der Waals surface area contributed by atoms with Gasteiger partial charge in [0, 0.05) is 18.1 Å². The molecule has 1 N–H and O–H groups in total. The van der Waals surface area contributed by atoms with Gasteiger partial charge >= 0.3 is 5.63 Å². The van der Waals surface area contributed by atoms with Crippen molar-refractivity contribution >= 4 is 17.3 Å². The molecule has 0 saturated heterocycles. The fraction of sp³-hybridized carbons (Fsp3) is 0.448. The molecule has 0 bridgehead atoms. The molecule has 1 unspecified atom stereocenters. The third-order valence-corrected chi connectivity index (χ3v) is 4.81. The van der Waals surface area contributed by atoms with E-state index in [0.717, 1.165) is 42.9 Å². The predicted molar refractivity (Wildman–Crippen MR) is 141 cm³/mol. The molecule has 0 aliphatic rings. The summed E-state index contributed by atoms with van der Waals surface area (Å²) in [6.45, 7) is 12.9. The van der Waals surface area contributed by atoms with Gasteiger partial charge in [0.25, 0.3) is 0 Å². The van der Waals surface area contributed by atoms with Crippen LogP contribution in [0.25, 0.3) is 11.0 Å². The fourth-order valence-electron chi connectivity index (χ4n) is 2.82. The normalized spacial score (nSPS) is 11.3. The lowest BCUT2D eigenvalue weighted by Gasteiger charge is -2.06. The maximum absolute atomic E-state index is 10.7. The molecule has 0 amide bonds. The Kier molecular flexibility index (Phi) is 17.3. The number of hydrogen-bond acceptors (Lipinski definition) is 4. The molecule has 2 rings (SSSR count). The first kappa shape index (κ1) is 30.3. The fourth-order valence-corrected chi connectivity index (χ4v) is 2.82. The molecule has 1 aromatic heterocycles. The predicted octanol–water partition coefficient (Wildman–Crippen LogP) is 7.42. The van der Waals surface area contributed by atoms with Crippen LogP contribution < -0.4 is 5.63 Å². The summed E-state index contributed by atoms with van der Waals surface area (Å²) in [5.74, 6) is 0.663. The molecule has 1 atom stereocenters. The largest absolute Gasteiger partial charge is 0.423 e. The van der Waals surface area contributed by atoms with Crippen LogP contribution in [0.15, 0.2) is 80.6 Å². The molecule has 0 aliphatic heterocycles. The lowest BCUT2D eigenvalue weighted by Crippen LogP contribution is -1.96. The van der Waals surface area contributed by atoms with Gasteiger partial charge in [-0.25, -0.2) is 4.79 Å². The maximum Gasteiger partial charge on any atom is 0.336 e. The Hall–Kier alpha value is -2.72. The van der Waals surface area contributed by atoms with E-state index in [1.54, 1.807) is 18.2 Å². The molecule has 0 aliphatic carbocycles. The average molecular weight is 455 g/mol. The SMILES string of the molecule is CC(C)=CCCC(C)=CC=O.CC(C)=CCCC(C)CCO.O=c1ccc2ccccc2o1. The molecule has 1 aromatic carbocycles. The number of hydrogen-bond donors (Lipinski definition) is 1. The number of rotatable bonds is 9. The quantitative estimate of drug-likeness (QED) is 0.185. The summed E-state index contributed by atoms with van der Waals surface area (Å²) in [6, 6.07) is 10.6. The van der Waals surface area contributed by atoms with Gasteiger partial charge in [0.15, 0.2) is 0 Å². The summed E-state index contributed by atoms with van der Waals surface area (Å²) >= 11 is 0. The van der Waals surface area contributed by atoms with Crippen LogP contribution >= 0.6 is 0 Å². The number of allylic oxidation sites excluding steroid dienone is 6. The van der Waals surface area contributed by atoms with Crippen molar-refractivity contribution in [2.75, 3.05) is 6.61 Å². The standard InChI is InChI=1S/C10H20O.C10H16O.C9H6O2/c2*1-9(2)5-4-6-10(3)7-8-11;10-9-6-5-7-3-1-2-4-8(7)11-9/h5,10-11H,4,6-8H2,1-3H3;5,7-8H,4,6H2,1-3H3;1-6H. The Morgan fingerprint density at radius 2 is 1.58 bits per heavy atom. The maximum atomic E-state index is 10.7. The summed E-state index contributed by atoms with van der Waals surface area (Å²) in [7, 11) is 0. The monoisotopic (exact) mass is 454 g/mol. The van der Waals surface area contributed by atoms with Crippen LogP contribution in [0.5, 0.6) is 0 Å². The first-order valence-electron chi connectivity index (χ1n) is 11.7. The Labute approximate surface area is 199 Å². The van der Waals surface area contributed by atoms with E-state index in [9.17, 15) is 9.59 Å². The van der Waals surface area contributed by atoms with Gasteiger partial charge in [-0.15, -0.1) is 0 Å². The summed E-state index contributed by atoms with van der Waals surface area (Å²) in [5.41, 5.74) is 4.21. The number of carbonyl (C=O) groups excluding carboxylic acids is 1. The Morgan fingerprint density at radius 1 is 0.939 bits per heavy atom. The van der Waals surface area contributed by atoms with Crippen molar-refractivity contribution < 1.29 is 14.3 Å². The lowest BCUT2D eigenvalue weighted by atomic mass is 10.0. The summed E-state index contributed by atoms with van der Waals surface area (Å²) in [4.78, 5) is 20.7. The van der Waals surface area contributed by atoms with Crippen LogP contribution in [0.4, 0.5) is 0 Å². The van der Waals surface area contributed by atoms with Crippen molar-refractivity contribution in [1.82, 2.24) is 0 Å². The van der Waals surface area contributed by atoms with E-state index in [4.69, 9.17) is 9.52 Å². The minimum atomic E-state index is -0.302. The van der Waals surface area contributed by atoms with Gasteiger partial charge in [-0.2, -0.15) is 0 Å². The summed E-state index contributed by atoms with van der Waals surface area (Å²) in [6.07, 6.45) is 12.2. The van der Waals surface area contributed by atoms with Crippen LogP contribution in [0.2, 0.25) is 0 Å². The number of aliphatic hydroxyl groups excluding tert-OH is 1. The van der Waals surface area contributed by atoms with Gasteiger partial charge in [0.05, 0.1) is 0 Å². The van der Waals surface area contributed by atoms with Gasteiger partial charge in [0.1, 0.15) is 11.9 Å². The van der Waals surface area contributed by atoms with Crippen molar-refractivity contribution in [2.24, 2.45) is 5.92 Å². The molecule has 1 heterocycles. The van der Waals surface area contributed by atoms with Gasteiger partial charge in [0.2, 0.25) is 0 Å². The van der Waals surface area contributed by atoms with Crippen LogP contribution in [0.1, 0.15) is 73.6 Å². The van der Waals surface area contributed by atoms with Gasteiger partial charge in [-0.3, -0.25) is 4.79 Å². The number of fused-ring (bicyclic) bond motifs is 1. The van der Waals surface area contributed by atoms with Crippen LogP contribution in [-0.2, 0) is 4.79 Å². The van der Waals surface area contributed by atoms with Crippen molar-refractivity contribution in [2.45, 2.75) is 73.6 Å². The highest BCUT2D eigenvalue weighted by molar-refractivity contribution is 5.75. The molecule has 182 valence electrons. The minimum Gasteiger partial charge on any atom is -0.423 e. The molecule has 0 saturated carbocycles. The van der Waals surface area contributed by atoms with E-state index >= 15 is 0 Å². The number of aliphatic hydroxyl groups is 1. The molecule has 0 spiro atoms. The van der Waals surface area contributed by atoms with Gasteiger partial charge in [-0.05, 0) is 90.8 Å². The lowest BCUT2D eigenvalue weighted by molar-refractivity contribution is -0.104. The van der Waals surface area contributed by atoms with Crippen molar-refractivity contribution in [3.8, 4) is 0 Å². The van der Waals surface area contributed by atoms with E-state index in [0.29, 0.717) is 18.1 Å². The smallest absolute Gasteiger partial charge is 0.336 e. The first-order valence-corrected chi connectivity index (χ1v) is 11.7. The zero-order valence-electron chi connectivity index (χ0n) is 21.3. The third-order valence-electron chi connectivity index (χ3n) is 4.81. The zero-order chi connectivity index (χ0) is 25.1. The van der Waals surface area contributed by atoms with E-state index in [2.05, 4.69) is 46.8 Å². The molecule has 2 aromatic rings. The van der Waals surface area contributed by atoms with E-state index < -0.39 is 0 Å². The Morgan fingerprint density at radius 3 is 2.18 bits per heavy atom. The number of benzene rings is 1. The van der Waals surface area contributed by atoms with E-state index in [-0.39, 0.29) is 5.63 Å². The van der Waals surface area contributed by atoms with Crippen molar-refractivity contribution in [3.05, 3.63) is 81.8 Å².